The Balaban J connectivity index is 1.50. The van der Waals surface area contributed by atoms with E-state index in [1.165, 1.54) is 19.9 Å². The van der Waals surface area contributed by atoms with E-state index < -0.39 is 60.7 Å². The molecule has 1 aromatic carbocycles. The van der Waals surface area contributed by atoms with Crippen LogP contribution in [0.25, 0.3) is 0 Å². The summed E-state index contributed by atoms with van der Waals surface area (Å²) >= 11 is 0. The van der Waals surface area contributed by atoms with Crippen LogP contribution in [0.2, 0.25) is 0 Å². The number of carbonyl (C=O) groups excluding carboxylic acids is 2. The Labute approximate surface area is 163 Å². The molecule has 10 heteroatoms. The number of ether oxygens (including phenoxy) is 5. The largest absolute Gasteiger partial charge is 0.454 e. The van der Waals surface area contributed by atoms with Crippen LogP contribution in [0.5, 0.6) is 0 Å². The summed E-state index contributed by atoms with van der Waals surface area (Å²) in [7, 11) is 0. The van der Waals surface area contributed by atoms with E-state index in [9.17, 15) is 22.8 Å². The van der Waals surface area contributed by atoms with Gasteiger partial charge in [0.15, 0.2) is 24.8 Å². The molecule has 0 N–H and O–H groups in total. The molecule has 3 heterocycles. The lowest BCUT2D eigenvalue weighted by molar-refractivity contribution is -0.182. The van der Waals surface area contributed by atoms with Gasteiger partial charge in [-0.15, -0.1) is 0 Å². The van der Waals surface area contributed by atoms with Crippen LogP contribution in [-0.2, 0) is 39.4 Å². The third-order valence-electron chi connectivity index (χ3n) is 4.81. The number of aryl methyl sites for hydroxylation is 1. The zero-order chi connectivity index (χ0) is 21.1. The Morgan fingerprint density at radius 3 is 2.48 bits per heavy atom. The summed E-state index contributed by atoms with van der Waals surface area (Å²) in [4.78, 5) is 23.8. The minimum Gasteiger partial charge on any atom is -0.454 e. The molecule has 1 aromatic rings. The number of alkyl halides is 3. The minimum atomic E-state index is -4.52. The van der Waals surface area contributed by atoms with E-state index in [1.807, 2.05) is 0 Å². The van der Waals surface area contributed by atoms with Crippen molar-refractivity contribution < 1.29 is 46.4 Å². The van der Waals surface area contributed by atoms with Gasteiger partial charge in [0.05, 0.1) is 5.56 Å². The Bertz CT molecular complexity index is 881. The van der Waals surface area contributed by atoms with Crippen molar-refractivity contribution in [2.45, 2.75) is 57.0 Å². The van der Waals surface area contributed by atoms with E-state index in [0.29, 0.717) is 5.56 Å². The fraction of sp³-hybridized carbons (Fsp3) is 0.474. The average molecular weight is 414 g/mol. The first-order valence-corrected chi connectivity index (χ1v) is 8.77. The van der Waals surface area contributed by atoms with Gasteiger partial charge in [-0.3, -0.25) is 0 Å². The molecule has 7 nitrogen and oxygen atoms in total. The van der Waals surface area contributed by atoms with Crippen LogP contribution in [0.3, 0.4) is 0 Å². The van der Waals surface area contributed by atoms with E-state index in [4.69, 9.17) is 23.7 Å². The number of rotatable bonds is 3. The van der Waals surface area contributed by atoms with Crippen LogP contribution in [0.4, 0.5) is 13.2 Å². The highest BCUT2D eigenvalue weighted by atomic mass is 19.4. The van der Waals surface area contributed by atoms with Crippen LogP contribution in [0.1, 0.15) is 29.9 Å². The predicted molar refractivity (Wildman–Crippen MR) is 88.1 cm³/mol. The third-order valence-corrected chi connectivity index (χ3v) is 4.81. The highest BCUT2D eigenvalue weighted by molar-refractivity contribution is 5.90. The molecule has 29 heavy (non-hydrogen) atoms. The van der Waals surface area contributed by atoms with Crippen molar-refractivity contribution >= 4 is 11.9 Å². The number of carbonyl (C=O) groups is 2. The fourth-order valence-corrected chi connectivity index (χ4v) is 3.51. The topological polar surface area (TPSA) is 80.3 Å². The Hall–Kier alpha value is -2.43. The molecule has 0 spiro atoms. The van der Waals surface area contributed by atoms with E-state index in [-0.39, 0.29) is 11.1 Å². The lowest BCUT2D eigenvalue weighted by Gasteiger charge is -2.19. The predicted octanol–water partition coefficient (Wildman–Crippen LogP) is 2.57. The van der Waals surface area contributed by atoms with Crippen LogP contribution in [-0.4, -0.2) is 42.6 Å². The monoisotopic (exact) mass is 414 g/mol. The van der Waals surface area contributed by atoms with Crippen LogP contribution >= 0.6 is 0 Å². The Morgan fingerprint density at radius 1 is 1.10 bits per heavy atom. The number of benzene rings is 1. The van der Waals surface area contributed by atoms with Gasteiger partial charge in [-0.25, -0.2) is 9.59 Å². The lowest BCUT2D eigenvalue weighted by Crippen LogP contribution is -2.36. The number of halogens is 3. The molecule has 0 saturated carbocycles. The molecular formula is C19H17F3O7. The number of esters is 2. The van der Waals surface area contributed by atoms with E-state index in [2.05, 4.69) is 6.58 Å². The first-order chi connectivity index (χ1) is 13.5. The second-order valence-electron chi connectivity index (χ2n) is 7.18. The molecule has 0 aliphatic carbocycles. The summed E-state index contributed by atoms with van der Waals surface area (Å²) in [5.41, 5.74) is -0.167. The summed E-state index contributed by atoms with van der Waals surface area (Å²) < 4.78 is 66.5. The highest BCUT2D eigenvalue weighted by Gasteiger charge is 2.63. The van der Waals surface area contributed by atoms with Crippen LogP contribution in [0.15, 0.2) is 30.4 Å². The van der Waals surface area contributed by atoms with Gasteiger partial charge in [0, 0.05) is 11.1 Å². The maximum Gasteiger partial charge on any atom is 0.416 e. The van der Waals surface area contributed by atoms with Crippen molar-refractivity contribution in [2.75, 3.05) is 0 Å². The van der Waals surface area contributed by atoms with Gasteiger partial charge in [0.1, 0.15) is 6.10 Å². The molecule has 0 aromatic heterocycles. The molecule has 0 bridgehead atoms. The highest BCUT2D eigenvalue weighted by Crippen LogP contribution is 2.45. The molecule has 3 aliphatic rings. The van der Waals surface area contributed by atoms with Crippen LogP contribution in [0, 0.1) is 6.92 Å². The summed E-state index contributed by atoms with van der Waals surface area (Å²) in [6, 6.07) is 3.47. The van der Waals surface area contributed by atoms with E-state index in [0.717, 1.165) is 12.1 Å². The van der Waals surface area contributed by atoms with Gasteiger partial charge in [0.2, 0.25) is 6.10 Å². The molecular weight excluding hydrogens is 397 g/mol. The van der Waals surface area contributed by atoms with Gasteiger partial charge in [-0.05, 0) is 26.0 Å². The lowest BCUT2D eigenvalue weighted by atomic mass is 10.1. The Morgan fingerprint density at radius 2 is 1.83 bits per heavy atom. The summed E-state index contributed by atoms with van der Waals surface area (Å²) in [5, 5.41) is 0. The van der Waals surface area contributed by atoms with Crippen LogP contribution < -0.4 is 0 Å². The first-order valence-electron chi connectivity index (χ1n) is 8.77. The average Bonchev–Trinajstić information content (AvgIpc) is 3.25. The minimum absolute atomic E-state index is 0.104. The van der Waals surface area contributed by atoms with Crippen molar-refractivity contribution in [3.8, 4) is 0 Å². The number of hydrogen-bond acceptors (Lipinski definition) is 7. The molecule has 3 fully saturated rings. The zero-order valence-electron chi connectivity index (χ0n) is 15.4. The maximum absolute atomic E-state index is 13.1. The molecule has 156 valence electrons. The van der Waals surface area contributed by atoms with E-state index >= 15 is 0 Å². The molecule has 3 aliphatic heterocycles. The van der Waals surface area contributed by atoms with Crippen molar-refractivity contribution in [1.29, 1.82) is 0 Å². The summed E-state index contributed by atoms with van der Waals surface area (Å²) in [6.07, 6.45) is -10.6. The third kappa shape index (κ3) is 3.52. The van der Waals surface area contributed by atoms with Crippen molar-refractivity contribution in [3.05, 3.63) is 47.0 Å². The van der Waals surface area contributed by atoms with Gasteiger partial charge in [-0.2, -0.15) is 13.2 Å². The molecule has 3 saturated heterocycles. The van der Waals surface area contributed by atoms with Crippen molar-refractivity contribution in [2.24, 2.45) is 0 Å². The van der Waals surface area contributed by atoms with Gasteiger partial charge < -0.3 is 23.7 Å². The van der Waals surface area contributed by atoms with Gasteiger partial charge >= 0.3 is 18.1 Å². The smallest absolute Gasteiger partial charge is 0.416 e. The molecule has 0 radical (unpaired) electrons. The van der Waals surface area contributed by atoms with Crippen molar-refractivity contribution in [1.82, 2.24) is 0 Å². The molecule has 4 rings (SSSR count). The Kier molecular flexibility index (Phi) is 4.67. The second-order valence-corrected chi connectivity index (χ2v) is 7.18. The van der Waals surface area contributed by atoms with E-state index in [1.54, 1.807) is 0 Å². The normalized spacial score (nSPS) is 33.2. The molecule has 6 atom stereocenters. The fourth-order valence-electron chi connectivity index (χ4n) is 3.51. The van der Waals surface area contributed by atoms with Gasteiger partial charge in [0.25, 0.3) is 0 Å². The van der Waals surface area contributed by atoms with Crippen molar-refractivity contribution in [3.63, 3.8) is 0 Å². The SMILES string of the molecule is C=C(C)C(=O)O[C@@H]1C(=O)O[C@@H]2[C@H]3OC(c4cc(C)cc(C(F)(F)F)c4)O[C@H]3O[C@@H]21. The second kappa shape index (κ2) is 6.82. The zero-order valence-corrected chi connectivity index (χ0v) is 15.4. The standard InChI is InChI=1S/C19H17F3O7/c1-7(2)15(23)26-13-11-12(25-16(13)24)14-18(27-11)29-17(28-14)9-4-8(3)5-10(6-9)19(20,21)22/h4-6,11-14,17-18H,1H2,2-3H3/t11-,12-,13-,14+,17?,18+/m0/s1. The number of fused-ring (bicyclic) bond motifs is 3. The molecule has 0 amide bonds. The maximum atomic E-state index is 13.1. The summed E-state index contributed by atoms with van der Waals surface area (Å²) in [6.45, 7) is 6.40. The summed E-state index contributed by atoms with van der Waals surface area (Å²) in [5.74, 6) is -1.57. The molecule has 1 unspecified atom stereocenters. The first kappa shape index (κ1) is 19.9. The quantitative estimate of drug-likeness (QED) is 0.556. The number of hydrogen-bond donors (Lipinski definition) is 0. The van der Waals surface area contributed by atoms with Gasteiger partial charge in [-0.1, -0.05) is 18.2 Å².